The quantitative estimate of drug-likeness (QED) is 0.813. The molecule has 2 aliphatic rings. The maximum absolute atomic E-state index is 5.92. The van der Waals surface area contributed by atoms with E-state index in [0.717, 1.165) is 32.2 Å². The van der Waals surface area contributed by atoms with Gasteiger partial charge in [-0.05, 0) is 33.6 Å². The fraction of sp³-hybridized carbons (Fsp3) is 1.00. The minimum Gasteiger partial charge on any atom is -0.370 e. The predicted molar refractivity (Wildman–Crippen MR) is 71.3 cm³/mol. The van der Waals surface area contributed by atoms with Crippen molar-refractivity contribution in [3.8, 4) is 0 Å². The summed E-state index contributed by atoms with van der Waals surface area (Å²) in [6, 6.07) is 0.793. The van der Waals surface area contributed by atoms with Gasteiger partial charge in [0, 0.05) is 32.2 Å². The maximum atomic E-state index is 5.92. The van der Waals surface area contributed by atoms with Crippen LogP contribution in [0, 0.1) is 0 Å². The van der Waals surface area contributed by atoms with Crippen LogP contribution in [0.4, 0.5) is 0 Å². The molecule has 3 heteroatoms. The Morgan fingerprint density at radius 3 is 2.65 bits per heavy atom. The van der Waals surface area contributed by atoms with Gasteiger partial charge in [-0.1, -0.05) is 12.8 Å². The van der Waals surface area contributed by atoms with Crippen LogP contribution in [0.15, 0.2) is 0 Å². The fourth-order valence-electron chi connectivity index (χ4n) is 3.31. The molecule has 100 valence electrons. The molecule has 17 heavy (non-hydrogen) atoms. The zero-order valence-corrected chi connectivity index (χ0v) is 11.7. The zero-order chi connectivity index (χ0) is 12.3. The summed E-state index contributed by atoms with van der Waals surface area (Å²) in [7, 11) is 0. The Balaban J connectivity index is 1.67. The second-order valence-electron chi connectivity index (χ2n) is 6.36. The standard InChI is InChI=1S/C14H28N2O/c1-12-10-16(11-14(2,3)17-12)9-8-15-13-6-4-5-7-13/h12-13,15H,4-11H2,1-3H3. The first-order valence-corrected chi connectivity index (χ1v) is 7.19. The summed E-state index contributed by atoms with van der Waals surface area (Å²) in [5.41, 5.74) is 0.0189. The van der Waals surface area contributed by atoms with Crippen LogP contribution in [0.5, 0.6) is 0 Å². The third-order valence-corrected chi connectivity index (χ3v) is 3.86. The van der Waals surface area contributed by atoms with Gasteiger partial charge in [-0.15, -0.1) is 0 Å². The third kappa shape index (κ3) is 4.23. The van der Waals surface area contributed by atoms with Crippen LogP contribution in [0.1, 0.15) is 46.5 Å². The lowest BCUT2D eigenvalue weighted by Crippen LogP contribution is -2.53. The van der Waals surface area contributed by atoms with Gasteiger partial charge in [0.15, 0.2) is 0 Å². The highest BCUT2D eigenvalue weighted by molar-refractivity contribution is 4.83. The van der Waals surface area contributed by atoms with Crippen molar-refractivity contribution in [1.29, 1.82) is 0 Å². The Labute approximate surface area is 106 Å². The highest BCUT2D eigenvalue weighted by Crippen LogP contribution is 2.20. The second kappa shape index (κ2) is 5.68. The summed E-state index contributed by atoms with van der Waals surface area (Å²) in [6.45, 7) is 11.0. The van der Waals surface area contributed by atoms with Crippen LogP contribution >= 0.6 is 0 Å². The van der Waals surface area contributed by atoms with E-state index >= 15 is 0 Å². The van der Waals surface area contributed by atoms with Crippen molar-refractivity contribution in [1.82, 2.24) is 10.2 Å². The van der Waals surface area contributed by atoms with Gasteiger partial charge in [-0.2, -0.15) is 0 Å². The zero-order valence-electron chi connectivity index (χ0n) is 11.7. The molecule has 3 nitrogen and oxygen atoms in total. The van der Waals surface area contributed by atoms with E-state index in [2.05, 4.69) is 31.0 Å². The van der Waals surface area contributed by atoms with Crippen molar-refractivity contribution >= 4 is 0 Å². The predicted octanol–water partition coefficient (Wildman–Crippen LogP) is 2.02. The van der Waals surface area contributed by atoms with Gasteiger partial charge in [-0.25, -0.2) is 0 Å². The molecule has 1 N–H and O–H groups in total. The van der Waals surface area contributed by atoms with Gasteiger partial charge in [0.1, 0.15) is 0 Å². The number of ether oxygens (including phenoxy) is 1. The number of nitrogens with zero attached hydrogens (tertiary/aromatic N) is 1. The summed E-state index contributed by atoms with van der Waals surface area (Å²) < 4.78 is 5.92. The van der Waals surface area contributed by atoms with Crippen molar-refractivity contribution in [3.63, 3.8) is 0 Å². The highest BCUT2D eigenvalue weighted by Gasteiger charge is 2.30. The van der Waals surface area contributed by atoms with Crippen LogP contribution in [-0.2, 0) is 4.74 Å². The minimum atomic E-state index is 0.0189. The van der Waals surface area contributed by atoms with Crippen LogP contribution in [0.25, 0.3) is 0 Å². The van der Waals surface area contributed by atoms with E-state index in [1.807, 2.05) is 0 Å². The second-order valence-corrected chi connectivity index (χ2v) is 6.36. The molecule has 0 spiro atoms. The van der Waals surface area contributed by atoms with Crippen LogP contribution in [0.2, 0.25) is 0 Å². The van der Waals surface area contributed by atoms with Crippen LogP contribution in [-0.4, -0.2) is 48.8 Å². The minimum absolute atomic E-state index is 0.0189. The summed E-state index contributed by atoms with van der Waals surface area (Å²) in [5.74, 6) is 0. The fourth-order valence-corrected chi connectivity index (χ4v) is 3.31. The average Bonchev–Trinajstić information content (AvgIpc) is 2.67. The van der Waals surface area contributed by atoms with E-state index in [0.29, 0.717) is 6.10 Å². The largest absolute Gasteiger partial charge is 0.370 e. The molecule has 0 amide bonds. The van der Waals surface area contributed by atoms with Crippen molar-refractivity contribution in [2.45, 2.75) is 64.2 Å². The SMILES string of the molecule is CC1CN(CCNC2CCCC2)CC(C)(C)O1. The Morgan fingerprint density at radius 1 is 1.29 bits per heavy atom. The first-order valence-electron chi connectivity index (χ1n) is 7.19. The lowest BCUT2D eigenvalue weighted by Gasteiger charge is -2.41. The molecule has 1 saturated heterocycles. The molecule has 2 rings (SSSR count). The van der Waals surface area contributed by atoms with Gasteiger partial charge in [0.05, 0.1) is 11.7 Å². The smallest absolute Gasteiger partial charge is 0.0757 e. The van der Waals surface area contributed by atoms with E-state index in [9.17, 15) is 0 Å². The molecule has 1 saturated carbocycles. The molecule has 0 aromatic heterocycles. The van der Waals surface area contributed by atoms with Crippen molar-refractivity contribution < 1.29 is 4.74 Å². The molecule has 0 radical (unpaired) electrons. The lowest BCUT2D eigenvalue weighted by molar-refractivity contribution is -0.128. The van der Waals surface area contributed by atoms with E-state index in [1.165, 1.54) is 25.7 Å². The normalized spacial score (nSPS) is 30.9. The molecule has 1 unspecified atom stereocenters. The topological polar surface area (TPSA) is 24.5 Å². The molecule has 0 aromatic rings. The molecule has 1 aliphatic carbocycles. The summed E-state index contributed by atoms with van der Waals surface area (Å²) >= 11 is 0. The molecular weight excluding hydrogens is 212 g/mol. The monoisotopic (exact) mass is 240 g/mol. The number of hydrogen-bond donors (Lipinski definition) is 1. The lowest BCUT2D eigenvalue weighted by atomic mass is 10.1. The summed E-state index contributed by atoms with van der Waals surface area (Å²) in [4.78, 5) is 2.54. The Bertz CT molecular complexity index is 236. The highest BCUT2D eigenvalue weighted by atomic mass is 16.5. The molecule has 1 atom stereocenters. The molecule has 0 bridgehead atoms. The molecule has 0 aromatic carbocycles. The van der Waals surface area contributed by atoms with Crippen LogP contribution < -0.4 is 5.32 Å². The maximum Gasteiger partial charge on any atom is 0.0757 e. The van der Waals surface area contributed by atoms with Crippen molar-refractivity contribution in [2.24, 2.45) is 0 Å². The van der Waals surface area contributed by atoms with Gasteiger partial charge in [0.2, 0.25) is 0 Å². The van der Waals surface area contributed by atoms with E-state index in [1.54, 1.807) is 0 Å². The van der Waals surface area contributed by atoms with Gasteiger partial charge >= 0.3 is 0 Å². The molecule has 2 fully saturated rings. The molecule has 1 aliphatic heterocycles. The third-order valence-electron chi connectivity index (χ3n) is 3.86. The van der Waals surface area contributed by atoms with Crippen molar-refractivity contribution in [3.05, 3.63) is 0 Å². The average molecular weight is 240 g/mol. The van der Waals surface area contributed by atoms with E-state index in [-0.39, 0.29) is 5.60 Å². The number of rotatable bonds is 4. The van der Waals surface area contributed by atoms with Gasteiger partial charge < -0.3 is 10.1 Å². The number of morpholine rings is 1. The summed E-state index contributed by atoms with van der Waals surface area (Å²) in [6.07, 6.45) is 5.96. The first kappa shape index (κ1) is 13.3. The molecule has 1 heterocycles. The number of hydrogen-bond acceptors (Lipinski definition) is 3. The first-order chi connectivity index (χ1) is 8.05. The Morgan fingerprint density at radius 2 is 2.00 bits per heavy atom. The van der Waals surface area contributed by atoms with Crippen molar-refractivity contribution in [2.75, 3.05) is 26.2 Å². The van der Waals surface area contributed by atoms with E-state index in [4.69, 9.17) is 4.74 Å². The van der Waals surface area contributed by atoms with Gasteiger partial charge in [0.25, 0.3) is 0 Å². The number of nitrogens with one attached hydrogen (secondary N) is 1. The van der Waals surface area contributed by atoms with Gasteiger partial charge in [-0.3, -0.25) is 4.90 Å². The van der Waals surface area contributed by atoms with Crippen LogP contribution in [0.3, 0.4) is 0 Å². The molecular formula is C14H28N2O. The Kier molecular flexibility index (Phi) is 4.45. The van der Waals surface area contributed by atoms with E-state index < -0.39 is 0 Å². The summed E-state index contributed by atoms with van der Waals surface area (Å²) in [5, 5.41) is 3.69. The Hall–Kier alpha value is -0.120.